The van der Waals surface area contributed by atoms with Crippen LogP contribution in [0.1, 0.15) is 45.1 Å². The highest BCUT2D eigenvalue weighted by molar-refractivity contribution is 5.38. The average Bonchev–Trinajstić information content (AvgIpc) is 2.28. The molecule has 0 aromatic carbocycles. The van der Waals surface area contributed by atoms with E-state index in [9.17, 15) is 0 Å². The second-order valence-corrected chi connectivity index (χ2v) is 4.74. The summed E-state index contributed by atoms with van der Waals surface area (Å²) in [6.07, 6.45) is 2.82. The van der Waals surface area contributed by atoms with Gasteiger partial charge in [-0.25, -0.2) is 9.97 Å². The Morgan fingerprint density at radius 2 is 2.06 bits per heavy atom. The molecule has 0 fully saturated rings. The number of anilines is 1. The fourth-order valence-corrected chi connectivity index (χ4v) is 1.81. The lowest BCUT2D eigenvalue weighted by atomic mass is 9.94. The third-order valence-corrected chi connectivity index (χ3v) is 3.12. The van der Waals surface area contributed by atoms with Crippen molar-refractivity contribution in [2.45, 2.75) is 52.5 Å². The van der Waals surface area contributed by atoms with E-state index >= 15 is 0 Å². The molecule has 17 heavy (non-hydrogen) atoms. The van der Waals surface area contributed by atoms with Crippen LogP contribution < -0.4 is 11.1 Å². The topological polar surface area (TPSA) is 63.8 Å². The highest BCUT2D eigenvalue weighted by atomic mass is 15.1. The molecule has 0 bridgehead atoms. The van der Waals surface area contributed by atoms with Crippen LogP contribution >= 0.6 is 0 Å². The van der Waals surface area contributed by atoms with Crippen LogP contribution in [0.5, 0.6) is 0 Å². The Morgan fingerprint density at radius 3 is 2.59 bits per heavy atom. The lowest BCUT2D eigenvalue weighted by Gasteiger charge is -2.30. The van der Waals surface area contributed by atoms with Gasteiger partial charge in [0.25, 0.3) is 0 Å². The van der Waals surface area contributed by atoms with Gasteiger partial charge < -0.3 is 11.1 Å². The summed E-state index contributed by atoms with van der Waals surface area (Å²) in [5, 5.41) is 3.49. The summed E-state index contributed by atoms with van der Waals surface area (Å²) < 4.78 is 0. The van der Waals surface area contributed by atoms with Crippen molar-refractivity contribution in [3.8, 4) is 0 Å². The molecule has 0 radical (unpaired) electrons. The lowest BCUT2D eigenvalue weighted by molar-refractivity contribution is 0.461. The first-order valence-electron chi connectivity index (χ1n) is 6.35. The summed E-state index contributed by atoms with van der Waals surface area (Å²) in [5.74, 6) is 1.80. The Labute approximate surface area is 104 Å². The third-order valence-electron chi connectivity index (χ3n) is 3.12. The quantitative estimate of drug-likeness (QED) is 0.795. The molecule has 0 saturated heterocycles. The standard InChI is InChI=1S/C13H24N4/c1-5-11-15-10(3)9-12(16-11)17-13(4,6-2)7-8-14/h9H,5-8,14H2,1-4H3,(H,15,16,17). The van der Waals surface area contributed by atoms with Crippen molar-refractivity contribution in [2.75, 3.05) is 11.9 Å². The van der Waals surface area contributed by atoms with Gasteiger partial charge in [-0.2, -0.15) is 0 Å². The van der Waals surface area contributed by atoms with Gasteiger partial charge in [0, 0.05) is 23.7 Å². The van der Waals surface area contributed by atoms with Crippen LogP contribution in [-0.2, 0) is 6.42 Å². The van der Waals surface area contributed by atoms with E-state index in [2.05, 4.69) is 36.1 Å². The Bertz CT molecular complexity index is 364. The van der Waals surface area contributed by atoms with E-state index in [1.54, 1.807) is 0 Å². The molecule has 0 amide bonds. The van der Waals surface area contributed by atoms with Crippen LogP contribution in [0, 0.1) is 6.92 Å². The summed E-state index contributed by atoms with van der Waals surface area (Å²) in [6, 6.07) is 1.99. The largest absolute Gasteiger partial charge is 0.365 e. The summed E-state index contributed by atoms with van der Waals surface area (Å²) in [6.45, 7) is 9.10. The molecule has 0 aliphatic carbocycles. The summed E-state index contributed by atoms with van der Waals surface area (Å²) in [7, 11) is 0. The second-order valence-electron chi connectivity index (χ2n) is 4.74. The van der Waals surface area contributed by atoms with Gasteiger partial charge in [-0.1, -0.05) is 13.8 Å². The second kappa shape index (κ2) is 5.96. The molecule has 3 N–H and O–H groups in total. The number of nitrogens with two attached hydrogens (primary N) is 1. The van der Waals surface area contributed by atoms with Gasteiger partial charge in [0.1, 0.15) is 11.6 Å². The maximum atomic E-state index is 5.66. The van der Waals surface area contributed by atoms with Gasteiger partial charge in [-0.15, -0.1) is 0 Å². The molecule has 1 unspecified atom stereocenters. The Balaban J connectivity index is 2.89. The highest BCUT2D eigenvalue weighted by Gasteiger charge is 2.21. The zero-order valence-corrected chi connectivity index (χ0v) is 11.4. The average molecular weight is 236 g/mol. The monoisotopic (exact) mass is 236 g/mol. The number of hydrogen-bond donors (Lipinski definition) is 2. The molecular formula is C13H24N4. The van der Waals surface area contributed by atoms with Crippen molar-refractivity contribution in [3.05, 3.63) is 17.6 Å². The van der Waals surface area contributed by atoms with E-state index in [4.69, 9.17) is 5.73 Å². The van der Waals surface area contributed by atoms with Crippen LogP contribution in [0.15, 0.2) is 6.07 Å². The fraction of sp³-hybridized carbons (Fsp3) is 0.692. The van der Waals surface area contributed by atoms with E-state index in [1.807, 2.05) is 13.0 Å². The molecule has 1 heterocycles. The molecule has 0 aliphatic heterocycles. The SMILES string of the molecule is CCc1nc(C)cc(NC(C)(CC)CCN)n1. The van der Waals surface area contributed by atoms with Crippen LogP contribution in [0.3, 0.4) is 0 Å². The molecule has 1 aromatic rings. The van der Waals surface area contributed by atoms with Gasteiger partial charge in [0.05, 0.1) is 0 Å². The van der Waals surface area contributed by atoms with Crippen LogP contribution in [0.2, 0.25) is 0 Å². The maximum absolute atomic E-state index is 5.66. The van der Waals surface area contributed by atoms with Crippen LogP contribution in [-0.4, -0.2) is 22.1 Å². The van der Waals surface area contributed by atoms with Crippen LogP contribution in [0.25, 0.3) is 0 Å². The molecule has 0 saturated carbocycles. The van der Waals surface area contributed by atoms with Crippen molar-refractivity contribution >= 4 is 5.82 Å². The number of aromatic nitrogens is 2. The van der Waals surface area contributed by atoms with E-state index < -0.39 is 0 Å². The minimum atomic E-state index is 0.0144. The van der Waals surface area contributed by atoms with Crippen LogP contribution in [0.4, 0.5) is 5.82 Å². The first kappa shape index (κ1) is 13.9. The van der Waals surface area contributed by atoms with E-state index in [0.29, 0.717) is 6.54 Å². The first-order chi connectivity index (χ1) is 8.03. The van der Waals surface area contributed by atoms with Gasteiger partial charge in [0.15, 0.2) is 0 Å². The molecular weight excluding hydrogens is 212 g/mol. The van der Waals surface area contributed by atoms with Crippen molar-refractivity contribution in [3.63, 3.8) is 0 Å². The Kier molecular flexibility index (Phi) is 4.87. The Morgan fingerprint density at radius 1 is 1.35 bits per heavy atom. The molecule has 1 atom stereocenters. The lowest BCUT2D eigenvalue weighted by Crippen LogP contribution is -2.36. The minimum Gasteiger partial charge on any atom is -0.365 e. The summed E-state index contributed by atoms with van der Waals surface area (Å²) in [4.78, 5) is 8.88. The molecule has 0 spiro atoms. The number of nitrogens with zero attached hydrogens (tertiary/aromatic N) is 2. The zero-order chi connectivity index (χ0) is 12.9. The normalized spacial score (nSPS) is 14.4. The number of hydrogen-bond acceptors (Lipinski definition) is 4. The molecule has 4 heteroatoms. The van der Waals surface area contributed by atoms with Crippen molar-refractivity contribution in [1.29, 1.82) is 0 Å². The van der Waals surface area contributed by atoms with Gasteiger partial charge in [-0.05, 0) is 33.2 Å². The Hall–Kier alpha value is -1.16. The predicted molar refractivity (Wildman–Crippen MR) is 72.1 cm³/mol. The highest BCUT2D eigenvalue weighted by Crippen LogP contribution is 2.20. The molecule has 0 aliphatic rings. The third kappa shape index (κ3) is 3.97. The smallest absolute Gasteiger partial charge is 0.130 e. The minimum absolute atomic E-state index is 0.0144. The van der Waals surface area contributed by atoms with Gasteiger partial charge in [0.2, 0.25) is 0 Å². The number of aryl methyl sites for hydroxylation is 2. The van der Waals surface area contributed by atoms with Crippen molar-refractivity contribution in [1.82, 2.24) is 9.97 Å². The van der Waals surface area contributed by atoms with Crippen molar-refractivity contribution < 1.29 is 0 Å². The van der Waals surface area contributed by atoms with E-state index in [0.717, 1.165) is 36.6 Å². The van der Waals surface area contributed by atoms with Crippen molar-refractivity contribution in [2.24, 2.45) is 5.73 Å². The van der Waals surface area contributed by atoms with Gasteiger partial charge >= 0.3 is 0 Å². The summed E-state index contributed by atoms with van der Waals surface area (Å²) >= 11 is 0. The number of rotatable bonds is 6. The molecule has 1 rings (SSSR count). The maximum Gasteiger partial charge on any atom is 0.130 e. The number of nitrogens with one attached hydrogen (secondary N) is 1. The molecule has 96 valence electrons. The molecule has 1 aromatic heterocycles. The fourth-order valence-electron chi connectivity index (χ4n) is 1.81. The van der Waals surface area contributed by atoms with E-state index in [1.165, 1.54) is 0 Å². The summed E-state index contributed by atoms with van der Waals surface area (Å²) in [5.41, 5.74) is 6.68. The van der Waals surface area contributed by atoms with Gasteiger partial charge in [-0.3, -0.25) is 0 Å². The predicted octanol–water partition coefficient (Wildman–Crippen LogP) is 2.28. The zero-order valence-electron chi connectivity index (χ0n) is 11.4. The first-order valence-corrected chi connectivity index (χ1v) is 6.35. The molecule has 4 nitrogen and oxygen atoms in total. The van der Waals surface area contributed by atoms with E-state index in [-0.39, 0.29) is 5.54 Å².